The molecule has 156 valence electrons. The first-order chi connectivity index (χ1) is 14.6. The van der Waals surface area contributed by atoms with Gasteiger partial charge in [-0.25, -0.2) is 4.68 Å². The van der Waals surface area contributed by atoms with Crippen molar-refractivity contribution in [3.63, 3.8) is 0 Å². The van der Waals surface area contributed by atoms with Crippen molar-refractivity contribution in [3.8, 4) is 16.9 Å². The number of carbonyl (C=O) groups is 1. The summed E-state index contributed by atoms with van der Waals surface area (Å²) in [7, 11) is 0. The van der Waals surface area contributed by atoms with E-state index < -0.39 is 0 Å². The Morgan fingerprint density at radius 3 is 2.70 bits per heavy atom. The molecule has 0 unspecified atom stereocenters. The maximum atomic E-state index is 13.0. The summed E-state index contributed by atoms with van der Waals surface area (Å²) < 4.78 is 7.06. The SMILES string of the molecule is Cc1cccc(-n2nc(-c3ccccc3Cl)cc2C(=O)NCCN2CCOCC2)c1. The number of aromatic nitrogens is 2. The lowest BCUT2D eigenvalue weighted by atomic mass is 10.1. The summed E-state index contributed by atoms with van der Waals surface area (Å²) in [6.07, 6.45) is 0. The maximum absolute atomic E-state index is 13.0. The fourth-order valence-corrected chi connectivity index (χ4v) is 3.78. The largest absolute Gasteiger partial charge is 0.379 e. The fraction of sp³-hybridized carbons (Fsp3) is 0.304. The maximum Gasteiger partial charge on any atom is 0.270 e. The lowest BCUT2D eigenvalue weighted by Crippen LogP contribution is -2.41. The Hall–Kier alpha value is -2.67. The van der Waals surface area contributed by atoms with E-state index in [2.05, 4.69) is 10.2 Å². The van der Waals surface area contributed by atoms with Crippen LogP contribution in [-0.2, 0) is 4.74 Å². The first-order valence-electron chi connectivity index (χ1n) is 10.1. The fourth-order valence-electron chi connectivity index (χ4n) is 3.54. The Bertz CT molecular complexity index is 1030. The van der Waals surface area contributed by atoms with E-state index in [0.29, 0.717) is 23.0 Å². The summed E-state index contributed by atoms with van der Waals surface area (Å²) in [5, 5.41) is 8.35. The third-order valence-corrected chi connectivity index (χ3v) is 5.48. The average Bonchev–Trinajstić information content (AvgIpc) is 3.20. The molecule has 3 aromatic rings. The molecule has 7 heteroatoms. The van der Waals surface area contributed by atoms with Crippen LogP contribution in [0.5, 0.6) is 0 Å². The molecule has 1 aliphatic rings. The van der Waals surface area contributed by atoms with Crippen LogP contribution in [0.15, 0.2) is 54.6 Å². The molecule has 1 amide bonds. The van der Waals surface area contributed by atoms with E-state index in [4.69, 9.17) is 21.4 Å². The van der Waals surface area contributed by atoms with E-state index in [1.54, 1.807) is 10.7 Å². The van der Waals surface area contributed by atoms with E-state index in [9.17, 15) is 4.79 Å². The van der Waals surface area contributed by atoms with Crippen molar-refractivity contribution in [2.45, 2.75) is 6.92 Å². The molecular formula is C23H25ClN4O2. The third-order valence-electron chi connectivity index (χ3n) is 5.16. The van der Waals surface area contributed by atoms with Gasteiger partial charge in [-0.15, -0.1) is 0 Å². The Kier molecular flexibility index (Phi) is 6.47. The smallest absolute Gasteiger partial charge is 0.270 e. The number of nitrogens with one attached hydrogen (secondary N) is 1. The van der Waals surface area contributed by atoms with Crippen molar-refractivity contribution in [2.75, 3.05) is 39.4 Å². The summed E-state index contributed by atoms with van der Waals surface area (Å²) in [6.45, 7) is 6.67. The molecule has 1 N–H and O–H groups in total. The summed E-state index contributed by atoms with van der Waals surface area (Å²) in [5.41, 5.74) is 3.89. The number of morpholine rings is 1. The molecule has 2 heterocycles. The van der Waals surface area contributed by atoms with Gasteiger partial charge in [-0.1, -0.05) is 41.9 Å². The van der Waals surface area contributed by atoms with Crippen LogP contribution in [0.4, 0.5) is 0 Å². The molecule has 0 radical (unpaired) electrons. The number of amides is 1. The van der Waals surface area contributed by atoms with Crippen LogP contribution in [0.3, 0.4) is 0 Å². The van der Waals surface area contributed by atoms with E-state index in [-0.39, 0.29) is 5.91 Å². The summed E-state index contributed by atoms with van der Waals surface area (Å²) >= 11 is 6.38. The van der Waals surface area contributed by atoms with Gasteiger partial charge in [0, 0.05) is 31.7 Å². The molecular weight excluding hydrogens is 400 g/mol. The van der Waals surface area contributed by atoms with Gasteiger partial charge in [0.15, 0.2) is 0 Å². The van der Waals surface area contributed by atoms with Crippen molar-refractivity contribution in [2.24, 2.45) is 0 Å². The molecule has 1 aromatic heterocycles. The third kappa shape index (κ3) is 4.73. The summed E-state index contributed by atoms with van der Waals surface area (Å²) in [4.78, 5) is 15.3. The first kappa shape index (κ1) is 20.6. The predicted molar refractivity (Wildman–Crippen MR) is 118 cm³/mol. The van der Waals surface area contributed by atoms with Crippen molar-refractivity contribution < 1.29 is 9.53 Å². The summed E-state index contributed by atoms with van der Waals surface area (Å²) in [5.74, 6) is -0.157. The van der Waals surface area contributed by atoms with Gasteiger partial charge in [0.2, 0.25) is 0 Å². The van der Waals surface area contributed by atoms with E-state index in [1.165, 1.54) is 0 Å². The highest BCUT2D eigenvalue weighted by atomic mass is 35.5. The van der Waals surface area contributed by atoms with Crippen molar-refractivity contribution in [1.82, 2.24) is 20.0 Å². The number of carbonyl (C=O) groups excluding carboxylic acids is 1. The highest BCUT2D eigenvalue weighted by Crippen LogP contribution is 2.28. The van der Waals surface area contributed by atoms with Crippen LogP contribution >= 0.6 is 11.6 Å². The molecule has 30 heavy (non-hydrogen) atoms. The second kappa shape index (κ2) is 9.43. The number of hydrogen-bond acceptors (Lipinski definition) is 4. The van der Waals surface area contributed by atoms with Gasteiger partial charge in [0.1, 0.15) is 5.69 Å². The highest BCUT2D eigenvalue weighted by molar-refractivity contribution is 6.33. The van der Waals surface area contributed by atoms with Crippen molar-refractivity contribution >= 4 is 17.5 Å². The normalized spacial score (nSPS) is 14.6. The number of rotatable bonds is 6. The molecule has 1 fully saturated rings. The Balaban J connectivity index is 1.60. The van der Waals surface area contributed by atoms with E-state index in [1.807, 2.05) is 55.5 Å². The molecule has 1 saturated heterocycles. The van der Waals surface area contributed by atoms with Gasteiger partial charge >= 0.3 is 0 Å². The minimum Gasteiger partial charge on any atom is -0.379 e. The number of ether oxygens (including phenoxy) is 1. The van der Waals surface area contributed by atoms with Gasteiger partial charge in [-0.3, -0.25) is 9.69 Å². The summed E-state index contributed by atoms with van der Waals surface area (Å²) in [6, 6.07) is 17.3. The molecule has 2 aromatic carbocycles. The minimum absolute atomic E-state index is 0.157. The molecule has 0 atom stereocenters. The van der Waals surface area contributed by atoms with Gasteiger partial charge < -0.3 is 10.1 Å². The second-order valence-electron chi connectivity index (χ2n) is 7.36. The Morgan fingerprint density at radius 1 is 1.13 bits per heavy atom. The van der Waals surface area contributed by atoms with Crippen LogP contribution < -0.4 is 5.32 Å². The lowest BCUT2D eigenvalue weighted by molar-refractivity contribution is 0.0383. The van der Waals surface area contributed by atoms with Gasteiger partial charge in [-0.05, 0) is 36.8 Å². The quantitative estimate of drug-likeness (QED) is 0.657. The molecule has 0 aliphatic carbocycles. The molecule has 0 spiro atoms. The van der Waals surface area contributed by atoms with Crippen molar-refractivity contribution in [3.05, 3.63) is 70.9 Å². The number of hydrogen-bond donors (Lipinski definition) is 1. The molecule has 4 rings (SSSR count). The molecule has 6 nitrogen and oxygen atoms in total. The number of benzene rings is 2. The number of nitrogens with zero attached hydrogens (tertiary/aromatic N) is 3. The topological polar surface area (TPSA) is 59.4 Å². The Labute approximate surface area is 181 Å². The van der Waals surface area contributed by atoms with Gasteiger partial charge in [-0.2, -0.15) is 5.10 Å². The van der Waals surface area contributed by atoms with Gasteiger partial charge in [0.25, 0.3) is 5.91 Å². The monoisotopic (exact) mass is 424 g/mol. The lowest BCUT2D eigenvalue weighted by Gasteiger charge is -2.26. The zero-order valence-corrected chi connectivity index (χ0v) is 17.7. The number of aryl methyl sites for hydroxylation is 1. The van der Waals surface area contributed by atoms with Crippen LogP contribution in [0.1, 0.15) is 16.1 Å². The zero-order chi connectivity index (χ0) is 20.9. The zero-order valence-electron chi connectivity index (χ0n) is 17.0. The van der Waals surface area contributed by atoms with E-state index >= 15 is 0 Å². The minimum atomic E-state index is -0.157. The second-order valence-corrected chi connectivity index (χ2v) is 7.76. The Morgan fingerprint density at radius 2 is 1.93 bits per heavy atom. The average molecular weight is 425 g/mol. The van der Waals surface area contributed by atoms with E-state index in [0.717, 1.165) is 49.7 Å². The van der Waals surface area contributed by atoms with Crippen LogP contribution in [-0.4, -0.2) is 60.0 Å². The molecule has 0 bridgehead atoms. The molecule has 0 saturated carbocycles. The molecule has 1 aliphatic heterocycles. The standard InChI is InChI=1S/C23H25ClN4O2/c1-17-5-4-6-18(15-17)28-22(16-21(26-28)19-7-2-3-8-20(19)24)23(29)25-9-10-27-11-13-30-14-12-27/h2-8,15-16H,9-14H2,1H3,(H,25,29). The van der Waals surface area contributed by atoms with Gasteiger partial charge in [0.05, 0.1) is 29.6 Å². The number of halogens is 1. The van der Waals surface area contributed by atoms with Crippen LogP contribution in [0.25, 0.3) is 16.9 Å². The van der Waals surface area contributed by atoms with Crippen LogP contribution in [0, 0.1) is 6.92 Å². The highest BCUT2D eigenvalue weighted by Gasteiger charge is 2.19. The first-order valence-corrected chi connectivity index (χ1v) is 10.5. The predicted octanol–water partition coefficient (Wildman–Crippen LogP) is 3.56. The van der Waals surface area contributed by atoms with Crippen LogP contribution in [0.2, 0.25) is 5.02 Å². The van der Waals surface area contributed by atoms with Crippen molar-refractivity contribution in [1.29, 1.82) is 0 Å².